The van der Waals surface area contributed by atoms with Crippen LogP contribution in [0.1, 0.15) is 26.3 Å². The summed E-state index contributed by atoms with van der Waals surface area (Å²) in [4.78, 5) is 36.1. The lowest BCUT2D eigenvalue weighted by atomic mass is 10.1. The van der Waals surface area contributed by atoms with Gasteiger partial charge < -0.3 is 5.11 Å². The second-order valence-corrected chi connectivity index (χ2v) is 7.98. The number of thiocarbonyl (C=S) groups is 1. The van der Waals surface area contributed by atoms with Gasteiger partial charge in [0.25, 0.3) is 11.8 Å². The third kappa shape index (κ3) is 4.44. The average Bonchev–Trinajstić information content (AvgIpc) is 2.90. The lowest BCUT2D eigenvalue weighted by Crippen LogP contribution is -2.44. The van der Waals surface area contributed by atoms with Crippen LogP contribution < -0.4 is 5.43 Å². The number of carbonyl (C=O) groups excluding carboxylic acids is 2. The number of aromatic carboxylic acids is 1. The molecule has 0 atom stereocenters. The lowest BCUT2D eigenvalue weighted by Gasteiger charge is -2.15. The molecule has 0 bridgehead atoms. The Kier molecular flexibility index (Phi) is 5.73. The van der Waals surface area contributed by atoms with Crippen molar-refractivity contribution in [3.63, 3.8) is 0 Å². The van der Waals surface area contributed by atoms with Crippen molar-refractivity contribution < 1.29 is 19.5 Å². The molecule has 0 unspecified atom stereocenters. The van der Waals surface area contributed by atoms with E-state index in [1.54, 1.807) is 42.5 Å². The fourth-order valence-corrected chi connectivity index (χ4v) is 3.65. The van der Waals surface area contributed by atoms with Gasteiger partial charge >= 0.3 is 5.97 Å². The zero-order valence-corrected chi connectivity index (χ0v) is 16.7. The standard InChI is InChI=1S/C18H11BrN2O4S2/c19-13-7-5-11(6-8-13)15(22)20-21-16(23)14(27-18(21)26)9-10-1-3-12(4-2-10)17(24)25/h1-9H,(H,20,22)(H,24,25)/b14-9-. The highest BCUT2D eigenvalue weighted by molar-refractivity contribution is 9.10. The van der Waals surface area contributed by atoms with Crippen LogP contribution in [-0.4, -0.2) is 32.2 Å². The molecule has 1 heterocycles. The molecule has 3 rings (SSSR count). The average molecular weight is 463 g/mol. The topological polar surface area (TPSA) is 86.7 Å². The summed E-state index contributed by atoms with van der Waals surface area (Å²) in [5.74, 6) is -1.92. The molecule has 27 heavy (non-hydrogen) atoms. The predicted molar refractivity (Wildman–Crippen MR) is 110 cm³/mol. The molecule has 1 aliphatic rings. The minimum atomic E-state index is -1.02. The van der Waals surface area contributed by atoms with Gasteiger partial charge in [0, 0.05) is 10.0 Å². The van der Waals surface area contributed by atoms with E-state index in [2.05, 4.69) is 21.4 Å². The molecule has 2 amide bonds. The van der Waals surface area contributed by atoms with Crippen molar-refractivity contribution in [2.45, 2.75) is 0 Å². The Balaban J connectivity index is 1.75. The fourth-order valence-electron chi connectivity index (χ4n) is 2.20. The minimum Gasteiger partial charge on any atom is -0.478 e. The van der Waals surface area contributed by atoms with E-state index < -0.39 is 17.8 Å². The number of halogens is 1. The molecule has 0 spiro atoms. The van der Waals surface area contributed by atoms with Crippen LogP contribution >= 0.6 is 39.9 Å². The first kappa shape index (κ1) is 19.3. The zero-order chi connectivity index (χ0) is 19.6. The Labute approximate surface area is 172 Å². The molecule has 6 nitrogen and oxygen atoms in total. The van der Waals surface area contributed by atoms with E-state index in [1.165, 1.54) is 12.1 Å². The number of benzene rings is 2. The maximum Gasteiger partial charge on any atom is 0.335 e. The van der Waals surface area contributed by atoms with Crippen molar-refractivity contribution >= 4 is 68.1 Å². The van der Waals surface area contributed by atoms with Gasteiger partial charge in [-0.2, -0.15) is 5.01 Å². The first-order valence-electron chi connectivity index (χ1n) is 7.53. The summed E-state index contributed by atoms with van der Waals surface area (Å²) in [6.07, 6.45) is 1.59. The zero-order valence-electron chi connectivity index (χ0n) is 13.5. The maximum absolute atomic E-state index is 12.5. The highest BCUT2D eigenvalue weighted by Gasteiger charge is 2.33. The van der Waals surface area contributed by atoms with Gasteiger partial charge in [-0.25, -0.2) is 4.79 Å². The van der Waals surface area contributed by atoms with Gasteiger partial charge in [-0.05, 0) is 60.3 Å². The van der Waals surface area contributed by atoms with Crippen molar-refractivity contribution in [2.75, 3.05) is 0 Å². The monoisotopic (exact) mass is 462 g/mol. The molecular weight excluding hydrogens is 452 g/mol. The molecule has 1 saturated heterocycles. The van der Waals surface area contributed by atoms with Gasteiger partial charge in [-0.3, -0.25) is 15.0 Å². The summed E-state index contributed by atoms with van der Waals surface area (Å²) in [5.41, 5.74) is 3.70. The summed E-state index contributed by atoms with van der Waals surface area (Å²) in [7, 11) is 0. The van der Waals surface area contributed by atoms with E-state index in [4.69, 9.17) is 17.3 Å². The van der Waals surface area contributed by atoms with Crippen LogP contribution in [0.15, 0.2) is 57.9 Å². The number of carboxylic acids is 1. The highest BCUT2D eigenvalue weighted by atomic mass is 79.9. The number of hydrazine groups is 1. The van der Waals surface area contributed by atoms with Crippen molar-refractivity contribution in [1.82, 2.24) is 10.4 Å². The van der Waals surface area contributed by atoms with Gasteiger partial charge in [-0.1, -0.05) is 39.8 Å². The molecular formula is C18H11BrN2O4S2. The van der Waals surface area contributed by atoms with Crippen LogP contribution in [0, 0.1) is 0 Å². The quantitative estimate of drug-likeness (QED) is 0.532. The lowest BCUT2D eigenvalue weighted by molar-refractivity contribution is -0.123. The number of nitrogens with one attached hydrogen (secondary N) is 1. The number of nitrogens with zero attached hydrogens (tertiary/aromatic N) is 1. The van der Waals surface area contributed by atoms with E-state index in [1.807, 2.05) is 0 Å². The SMILES string of the molecule is O=C(O)c1ccc(/C=C2\SC(=S)N(NC(=O)c3ccc(Br)cc3)C2=O)cc1. The number of carboxylic acid groups (broad SMARTS) is 1. The summed E-state index contributed by atoms with van der Waals surface area (Å²) >= 11 is 9.53. The maximum atomic E-state index is 12.5. The minimum absolute atomic E-state index is 0.154. The number of hydrogen-bond acceptors (Lipinski definition) is 5. The Morgan fingerprint density at radius 2 is 1.67 bits per heavy atom. The molecule has 2 aromatic rings. The Bertz CT molecular complexity index is 972. The highest BCUT2D eigenvalue weighted by Crippen LogP contribution is 2.31. The molecule has 0 radical (unpaired) electrons. The van der Waals surface area contributed by atoms with E-state index >= 15 is 0 Å². The van der Waals surface area contributed by atoms with Crippen molar-refractivity contribution in [3.8, 4) is 0 Å². The summed E-state index contributed by atoms with van der Waals surface area (Å²) in [6, 6.07) is 12.8. The van der Waals surface area contributed by atoms with Crippen LogP contribution in [0.25, 0.3) is 6.08 Å². The predicted octanol–water partition coefficient (Wildman–Crippen LogP) is 3.69. The van der Waals surface area contributed by atoms with Crippen LogP contribution in [0.3, 0.4) is 0 Å². The Hall–Kier alpha value is -2.49. The summed E-state index contributed by atoms with van der Waals surface area (Å²) in [6.45, 7) is 0. The van der Waals surface area contributed by atoms with Crippen LogP contribution in [-0.2, 0) is 4.79 Å². The third-order valence-corrected chi connectivity index (χ3v) is 5.40. The van der Waals surface area contributed by atoms with Crippen LogP contribution in [0.5, 0.6) is 0 Å². The van der Waals surface area contributed by atoms with Gasteiger partial charge in [0.15, 0.2) is 4.32 Å². The number of thioether (sulfide) groups is 1. The molecule has 9 heteroatoms. The molecule has 2 N–H and O–H groups in total. The number of carbonyl (C=O) groups is 3. The summed E-state index contributed by atoms with van der Waals surface area (Å²) in [5, 5.41) is 9.95. The molecule has 0 aliphatic carbocycles. The molecule has 1 fully saturated rings. The van der Waals surface area contributed by atoms with Crippen molar-refractivity contribution in [3.05, 3.63) is 74.6 Å². The number of amides is 2. The van der Waals surface area contributed by atoms with Crippen LogP contribution in [0.2, 0.25) is 0 Å². The van der Waals surface area contributed by atoms with Crippen molar-refractivity contribution in [2.24, 2.45) is 0 Å². The van der Waals surface area contributed by atoms with Gasteiger partial charge in [0.2, 0.25) is 0 Å². The smallest absolute Gasteiger partial charge is 0.335 e. The Morgan fingerprint density at radius 3 is 2.26 bits per heavy atom. The Morgan fingerprint density at radius 1 is 1.07 bits per heavy atom. The van der Waals surface area contributed by atoms with Gasteiger partial charge in [0.1, 0.15) is 0 Å². The van der Waals surface area contributed by atoms with E-state index in [0.717, 1.165) is 21.2 Å². The van der Waals surface area contributed by atoms with E-state index in [0.29, 0.717) is 16.0 Å². The molecule has 0 aromatic heterocycles. The first-order valence-corrected chi connectivity index (χ1v) is 9.55. The second-order valence-electron chi connectivity index (χ2n) is 5.39. The first-order chi connectivity index (χ1) is 12.8. The second kappa shape index (κ2) is 8.03. The summed E-state index contributed by atoms with van der Waals surface area (Å²) < 4.78 is 1.04. The number of hydrogen-bond donors (Lipinski definition) is 2. The van der Waals surface area contributed by atoms with Crippen molar-refractivity contribution in [1.29, 1.82) is 0 Å². The molecule has 1 aliphatic heterocycles. The normalized spacial score (nSPS) is 15.3. The fraction of sp³-hybridized carbons (Fsp3) is 0. The van der Waals surface area contributed by atoms with E-state index in [9.17, 15) is 14.4 Å². The largest absolute Gasteiger partial charge is 0.478 e. The molecule has 2 aromatic carbocycles. The van der Waals surface area contributed by atoms with Crippen LogP contribution in [0.4, 0.5) is 0 Å². The third-order valence-electron chi connectivity index (χ3n) is 3.57. The number of rotatable bonds is 4. The van der Waals surface area contributed by atoms with Gasteiger partial charge in [0.05, 0.1) is 10.5 Å². The van der Waals surface area contributed by atoms with E-state index in [-0.39, 0.29) is 9.88 Å². The molecule has 0 saturated carbocycles. The van der Waals surface area contributed by atoms with Gasteiger partial charge in [-0.15, -0.1) is 0 Å². The molecule has 136 valence electrons.